The normalized spacial score (nSPS) is 14.8. The molecule has 0 saturated heterocycles. The number of aromatic nitrogens is 1. The molecular weight excluding hydrogens is 227 g/mol. The third kappa shape index (κ3) is 5.13. The number of hydrogen-bond donors (Lipinski definition) is 1. The van der Waals surface area contributed by atoms with Gasteiger partial charge in [0.05, 0.1) is 11.9 Å². The van der Waals surface area contributed by atoms with Gasteiger partial charge >= 0.3 is 0 Å². The summed E-state index contributed by atoms with van der Waals surface area (Å²) in [6.07, 6.45) is 4.77. The highest BCUT2D eigenvalue weighted by molar-refractivity contribution is 5.10. The van der Waals surface area contributed by atoms with Gasteiger partial charge in [0.25, 0.3) is 0 Å². The standard InChI is InChI=1S/C15H25FN2/c1-5-6-12(4)9-15(18-11(2)3)14-8-7-13(16)10-17-14/h7-8,10-12,15,18H,5-6,9H2,1-4H3. The predicted octanol–water partition coefficient (Wildman–Crippen LogP) is 4.09. The molecule has 0 aromatic carbocycles. The van der Waals surface area contributed by atoms with E-state index in [0.717, 1.165) is 12.1 Å². The highest BCUT2D eigenvalue weighted by atomic mass is 19.1. The molecule has 1 aromatic heterocycles. The van der Waals surface area contributed by atoms with Crippen LogP contribution in [0, 0.1) is 11.7 Å². The van der Waals surface area contributed by atoms with Gasteiger partial charge in [-0.15, -0.1) is 0 Å². The summed E-state index contributed by atoms with van der Waals surface area (Å²) in [4.78, 5) is 4.21. The quantitative estimate of drug-likeness (QED) is 0.790. The van der Waals surface area contributed by atoms with Crippen molar-refractivity contribution in [2.75, 3.05) is 0 Å². The second-order valence-electron chi connectivity index (χ2n) is 5.40. The van der Waals surface area contributed by atoms with Crippen LogP contribution in [0.15, 0.2) is 18.3 Å². The van der Waals surface area contributed by atoms with E-state index in [1.165, 1.54) is 25.1 Å². The van der Waals surface area contributed by atoms with Crippen LogP contribution in [0.25, 0.3) is 0 Å². The van der Waals surface area contributed by atoms with E-state index < -0.39 is 0 Å². The first-order valence-electron chi connectivity index (χ1n) is 6.90. The van der Waals surface area contributed by atoms with Crippen molar-refractivity contribution in [1.82, 2.24) is 10.3 Å². The van der Waals surface area contributed by atoms with Crippen LogP contribution in [0.5, 0.6) is 0 Å². The van der Waals surface area contributed by atoms with E-state index in [1.54, 1.807) is 6.07 Å². The molecule has 0 aliphatic carbocycles. The average Bonchev–Trinajstić information content (AvgIpc) is 2.28. The van der Waals surface area contributed by atoms with E-state index in [0.29, 0.717) is 12.0 Å². The number of nitrogens with zero attached hydrogens (tertiary/aromatic N) is 1. The van der Waals surface area contributed by atoms with E-state index in [-0.39, 0.29) is 11.9 Å². The molecule has 2 unspecified atom stereocenters. The van der Waals surface area contributed by atoms with Crippen molar-refractivity contribution in [3.05, 3.63) is 29.8 Å². The predicted molar refractivity (Wildman–Crippen MR) is 73.9 cm³/mol. The first-order valence-corrected chi connectivity index (χ1v) is 6.90. The minimum absolute atomic E-state index is 0.215. The minimum atomic E-state index is -0.274. The Morgan fingerprint density at radius 3 is 2.50 bits per heavy atom. The van der Waals surface area contributed by atoms with Gasteiger partial charge in [0.2, 0.25) is 0 Å². The third-order valence-electron chi connectivity index (χ3n) is 3.06. The maximum absolute atomic E-state index is 12.9. The van der Waals surface area contributed by atoms with Crippen LogP contribution < -0.4 is 5.32 Å². The molecule has 2 nitrogen and oxygen atoms in total. The molecule has 0 amide bonds. The first kappa shape index (κ1) is 15.1. The van der Waals surface area contributed by atoms with Crippen molar-refractivity contribution in [2.45, 2.75) is 59.0 Å². The Morgan fingerprint density at radius 1 is 1.28 bits per heavy atom. The first-order chi connectivity index (χ1) is 8.52. The van der Waals surface area contributed by atoms with Gasteiger partial charge in [0.1, 0.15) is 5.82 Å². The molecule has 0 aliphatic rings. The van der Waals surface area contributed by atoms with Gasteiger partial charge in [-0.2, -0.15) is 0 Å². The molecule has 0 bridgehead atoms. The zero-order valence-corrected chi connectivity index (χ0v) is 11.9. The van der Waals surface area contributed by atoms with Crippen molar-refractivity contribution in [3.63, 3.8) is 0 Å². The maximum Gasteiger partial charge on any atom is 0.141 e. The van der Waals surface area contributed by atoms with Crippen molar-refractivity contribution < 1.29 is 4.39 Å². The summed E-state index contributed by atoms with van der Waals surface area (Å²) >= 11 is 0. The zero-order chi connectivity index (χ0) is 13.5. The molecule has 1 N–H and O–H groups in total. The number of pyridine rings is 1. The zero-order valence-electron chi connectivity index (χ0n) is 11.9. The average molecular weight is 252 g/mol. The Morgan fingerprint density at radius 2 is 2.00 bits per heavy atom. The molecule has 2 atom stereocenters. The Hall–Kier alpha value is -0.960. The number of halogens is 1. The monoisotopic (exact) mass is 252 g/mol. The van der Waals surface area contributed by atoms with Gasteiger partial charge in [-0.1, -0.05) is 40.5 Å². The maximum atomic E-state index is 12.9. The van der Waals surface area contributed by atoms with Crippen molar-refractivity contribution in [1.29, 1.82) is 0 Å². The second-order valence-corrected chi connectivity index (χ2v) is 5.40. The second kappa shape index (κ2) is 7.47. The lowest BCUT2D eigenvalue weighted by Gasteiger charge is -2.24. The summed E-state index contributed by atoms with van der Waals surface area (Å²) in [5.41, 5.74) is 0.938. The van der Waals surface area contributed by atoms with Crippen LogP contribution in [0.3, 0.4) is 0 Å². The van der Waals surface area contributed by atoms with Crippen molar-refractivity contribution >= 4 is 0 Å². The Balaban J connectivity index is 2.74. The fourth-order valence-corrected chi connectivity index (χ4v) is 2.28. The molecule has 1 aromatic rings. The summed E-state index contributed by atoms with van der Waals surface area (Å²) in [5.74, 6) is 0.377. The van der Waals surface area contributed by atoms with Gasteiger partial charge in [-0.3, -0.25) is 4.98 Å². The summed E-state index contributed by atoms with van der Waals surface area (Å²) in [6, 6.07) is 3.89. The SMILES string of the molecule is CCCC(C)CC(NC(C)C)c1ccc(F)cn1. The largest absolute Gasteiger partial charge is 0.306 e. The molecule has 102 valence electrons. The summed E-state index contributed by atoms with van der Waals surface area (Å²) in [6.45, 7) is 8.72. The molecule has 0 spiro atoms. The van der Waals surface area contributed by atoms with Crippen LogP contribution in [-0.4, -0.2) is 11.0 Å². The number of nitrogens with one attached hydrogen (secondary N) is 1. The number of hydrogen-bond acceptors (Lipinski definition) is 2. The smallest absolute Gasteiger partial charge is 0.141 e. The highest BCUT2D eigenvalue weighted by Crippen LogP contribution is 2.23. The highest BCUT2D eigenvalue weighted by Gasteiger charge is 2.17. The van der Waals surface area contributed by atoms with Gasteiger partial charge in [-0.25, -0.2) is 4.39 Å². The van der Waals surface area contributed by atoms with Crippen LogP contribution in [0.4, 0.5) is 4.39 Å². The number of rotatable bonds is 7. The molecule has 0 aliphatic heterocycles. The molecule has 1 rings (SSSR count). The third-order valence-corrected chi connectivity index (χ3v) is 3.06. The molecule has 0 saturated carbocycles. The van der Waals surface area contributed by atoms with E-state index in [1.807, 2.05) is 0 Å². The van der Waals surface area contributed by atoms with Crippen molar-refractivity contribution in [3.8, 4) is 0 Å². The topological polar surface area (TPSA) is 24.9 Å². The van der Waals surface area contributed by atoms with E-state index in [9.17, 15) is 4.39 Å². The van der Waals surface area contributed by atoms with Crippen LogP contribution in [0.2, 0.25) is 0 Å². The minimum Gasteiger partial charge on any atom is -0.306 e. The molecular formula is C15H25FN2. The van der Waals surface area contributed by atoms with Gasteiger partial charge in [0.15, 0.2) is 0 Å². The summed E-state index contributed by atoms with van der Waals surface area (Å²) < 4.78 is 12.9. The van der Waals surface area contributed by atoms with Crippen molar-refractivity contribution in [2.24, 2.45) is 5.92 Å². The molecule has 0 fully saturated rings. The molecule has 0 radical (unpaired) electrons. The van der Waals surface area contributed by atoms with Crippen LogP contribution >= 0.6 is 0 Å². The fraction of sp³-hybridized carbons (Fsp3) is 0.667. The summed E-state index contributed by atoms with van der Waals surface area (Å²) in [5, 5.41) is 3.52. The van der Waals surface area contributed by atoms with Crippen LogP contribution in [0.1, 0.15) is 58.7 Å². The molecule has 3 heteroatoms. The van der Waals surface area contributed by atoms with Gasteiger partial charge in [-0.05, 0) is 24.5 Å². The fourth-order valence-electron chi connectivity index (χ4n) is 2.28. The Kier molecular flexibility index (Phi) is 6.27. The van der Waals surface area contributed by atoms with Gasteiger partial charge in [0, 0.05) is 12.1 Å². The lowest BCUT2D eigenvalue weighted by atomic mass is 9.95. The lowest BCUT2D eigenvalue weighted by Crippen LogP contribution is -2.30. The summed E-state index contributed by atoms with van der Waals surface area (Å²) in [7, 11) is 0. The molecule has 1 heterocycles. The van der Waals surface area contributed by atoms with Gasteiger partial charge < -0.3 is 5.32 Å². The van der Waals surface area contributed by atoms with E-state index in [2.05, 4.69) is 38.0 Å². The molecule has 18 heavy (non-hydrogen) atoms. The lowest BCUT2D eigenvalue weighted by molar-refractivity contribution is 0.364. The Bertz CT molecular complexity index is 335. The van der Waals surface area contributed by atoms with E-state index >= 15 is 0 Å². The van der Waals surface area contributed by atoms with E-state index in [4.69, 9.17) is 0 Å². The van der Waals surface area contributed by atoms with Crippen LogP contribution in [-0.2, 0) is 0 Å². The Labute approximate surface area is 110 Å².